The molecule has 0 radical (unpaired) electrons. The number of aromatic nitrogens is 1. The summed E-state index contributed by atoms with van der Waals surface area (Å²) in [6.07, 6.45) is 3.43. The number of benzene rings is 1. The number of amides is 2. The highest BCUT2D eigenvalue weighted by Crippen LogP contribution is 2.17. The van der Waals surface area contributed by atoms with E-state index >= 15 is 0 Å². The highest BCUT2D eigenvalue weighted by atomic mass is 16.2. The van der Waals surface area contributed by atoms with Crippen LogP contribution in [0.15, 0.2) is 47.4 Å². The maximum absolute atomic E-state index is 12.7. The van der Waals surface area contributed by atoms with E-state index in [1.54, 1.807) is 7.05 Å². The monoisotopic (exact) mass is 396 g/mol. The summed E-state index contributed by atoms with van der Waals surface area (Å²) in [5.41, 5.74) is 0.713. The number of carbonyl (C=O) groups excluding carboxylic acids is 2. The van der Waals surface area contributed by atoms with Crippen LogP contribution in [0.1, 0.15) is 39.1 Å². The third-order valence-corrected chi connectivity index (χ3v) is 5.33. The number of hydrogen-bond donors (Lipinski definition) is 2. The predicted octanol–water partition coefficient (Wildman–Crippen LogP) is 1.72. The van der Waals surface area contributed by atoms with Crippen LogP contribution in [0.4, 0.5) is 0 Å². The normalized spacial score (nSPS) is 16.6. The summed E-state index contributed by atoms with van der Waals surface area (Å²) in [5, 5.41) is 2.89. The zero-order chi connectivity index (χ0) is 20.8. The fourth-order valence-corrected chi connectivity index (χ4v) is 3.66. The molecule has 1 aromatic heterocycles. The lowest BCUT2D eigenvalue weighted by molar-refractivity contribution is 0.0783. The Kier molecular flexibility index (Phi) is 6.82. The molecule has 29 heavy (non-hydrogen) atoms. The average molecular weight is 396 g/mol. The van der Waals surface area contributed by atoms with Gasteiger partial charge in [0.05, 0.1) is 5.56 Å². The maximum Gasteiger partial charge on any atom is 0.260 e. The number of aromatic amines is 1. The van der Waals surface area contributed by atoms with Gasteiger partial charge in [0.15, 0.2) is 0 Å². The van der Waals surface area contributed by atoms with Crippen molar-refractivity contribution in [2.75, 3.05) is 33.7 Å². The van der Waals surface area contributed by atoms with Crippen molar-refractivity contribution in [3.8, 4) is 0 Å². The Hall–Kier alpha value is -2.93. The van der Waals surface area contributed by atoms with Gasteiger partial charge in [-0.3, -0.25) is 14.4 Å². The number of rotatable bonds is 7. The Balaban J connectivity index is 1.61. The van der Waals surface area contributed by atoms with E-state index in [9.17, 15) is 14.4 Å². The number of nitrogens with zero attached hydrogens (tertiary/aromatic N) is 2. The Morgan fingerprint density at radius 3 is 2.72 bits per heavy atom. The summed E-state index contributed by atoms with van der Waals surface area (Å²) in [6.45, 7) is 3.11. The second-order valence-corrected chi connectivity index (χ2v) is 7.74. The molecule has 7 heteroatoms. The first kappa shape index (κ1) is 20.8. The lowest BCUT2D eigenvalue weighted by Gasteiger charge is -2.17. The first-order valence-corrected chi connectivity index (χ1v) is 9.93. The van der Waals surface area contributed by atoms with Crippen molar-refractivity contribution in [1.29, 1.82) is 0 Å². The van der Waals surface area contributed by atoms with Gasteiger partial charge in [0, 0.05) is 32.9 Å². The Bertz CT molecular complexity index is 910. The predicted molar refractivity (Wildman–Crippen MR) is 112 cm³/mol. The molecule has 2 heterocycles. The topological polar surface area (TPSA) is 85.5 Å². The molecule has 0 spiro atoms. The van der Waals surface area contributed by atoms with E-state index in [-0.39, 0.29) is 17.0 Å². The molecule has 0 aliphatic carbocycles. The van der Waals surface area contributed by atoms with Crippen molar-refractivity contribution in [2.24, 2.45) is 5.92 Å². The van der Waals surface area contributed by atoms with E-state index in [4.69, 9.17) is 0 Å². The van der Waals surface area contributed by atoms with Crippen molar-refractivity contribution < 1.29 is 9.59 Å². The van der Waals surface area contributed by atoms with Gasteiger partial charge in [0.2, 0.25) is 0 Å². The van der Waals surface area contributed by atoms with Crippen LogP contribution in [0.5, 0.6) is 0 Å². The molecule has 1 saturated heterocycles. The standard InChI is InChI=1S/C22H28N4O3/c1-25-11-9-17(14-25)8-10-23-20(27)18-12-19(21(28)24-13-18)22(29)26(2)15-16-6-4-3-5-7-16/h3-7,12-13,17H,8-11,14-15H2,1-2H3,(H,23,27)(H,24,28). The van der Waals surface area contributed by atoms with Crippen LogP contribution in [0.25, 0.3) is 0 Å². The fourth-order valence-electron chi connectivity index (χ4n) is 3.66. The lowest BCUT2D eigenvalue weighted by atomic mass is 10.1. The highest BCUT2D eigenvalue weighted by molar-refractivity contribution is 5.99. The molecule has 1 unspecified atom stereocenters. The minimum absolute atomic E-state index is 0.0338. The van der Waals surface area contributed by atoms with Gasteiger partial charge < -0.3 is 20.1 Å². The molecule has 1 aromatic carbocycles. The molecule has 0 saturated carbocycles. The summed E-state index contributed by atoms with van der Waals surface area (Å²) in [4.78, 5) is 43.6. The van der Waals surface area contributed by atoms with Crippen molar-refractivity contribution in [3.63, 3.8) is 0 Å². The lowest BCUT2D eigenvalue weighted by Crippen LogP contribution is -2.33. The average Bonchev–Trinajstić information content (AvgIpc) is 3.13. The van der Waals surface area contributed by atoms with Crippen LogP contribution >= 0.6 is 0 Å². The third kappa shape index (κ3) is 5.54. The summed E-state index contributed by atoms with van der Waals surface area (Å²) < 4.78 is 0. The number of carbonyl (C=O) groups is 2. The van der Waals surface area contributed by atoms with Gasteiger partial charge >= 0.3 is 0 Å². The molecular weight excluding hydrogens is 368 g/mol. The summed E-state index contributed by atoms with van der Waals surface area (Å²) in [5.74, 6) is -0.106. The van der Waals surface area contributed by atoms with E-state index in [2.05, 4.69) is 22.2 Å². The van der Waals surface area contributed by atoms with E-state index in [0.717, 1.165) is 31.5 Å². The number of likely N-dealkylation sites (tertiary alicyclic amines) is 1. The Labute approximate surface area is 170 Å². The zero-order valence-electron chi connectivity index (χ0n) is 17.0. The molecule has 0 bridgehead atoms. The fraction of sp³-hybridized carbons (Fsp3) is 0.409. The van der Waals surface area contributed by atoms with Crippen molar-refractivity contribution in [3.05, 3.63) is 69.6 Å². The third-order valence-electron chi connectivity index (χ3n) is 5.33. The first-order valence-electron chi connectivity index (χ1n) is 9.93. The minimum Gasteiger partial charge on any atom is -0.352 e. The van der Waals surface area contributed by atoms with Gasteiger partial charge in [0.25, 0.3) is 17.4 Å². The second-order valence-electron chi connectivity index (χ2n) is 7.74. The highest BCUT2D eigenvalue weighted by Gasteiger charge is 2.20. The summed E-state index contributed by atoms with van der Waals surface area (Å²) in [6, 6.07) is 10.9. The van der Waals surface area contributed by atoms with Gasteiger partial charge in [-0.25, -0.2) is 0 Å². The van der Waals surface area contributed by atoms with E-state index in [1.807, 2.05) is 30.3 Å². The van der Waals surface area contributed by atoms with Crippen molar-refractivity contribution in [1.82, 2.24) is 20.1 Å². The van der Waals surface area contributed by atoms with E-state index in [1.165, 1.54) is 17.2 Å². The molecular formula is C22H28N4O3. The summed E-state index contributed by atoms with van der Waals surface area (Å²) in [7, 11) is 3.74. The molecule has 2 amide bonds. The molecule has 1 aliphatic heterocycles. The van der Waals surface area contributed by atoms with Gasteiger partial charge in [0.1, 0.15) is 5.56 Å². The minimum atomic E-state index is -0.500. The molecule has 154 valence electrons. The number of pyridine rings is 1. The zero-order valence-corrected chi connectivity index (χ0v) is 17.0. The van der Waals surface area contributed by atoms with Crippen LogP contribution in [0.2, 0.25) is 0 Å². The molecule has 1 fully saturated rings. The molecule has 7 nitrogen and oxygen atoms in total. The number of hydrogen-bond acceptors (Lipinski definition) is 4. The molecule has 1 aliphatic rings. The largest absolute Gasteiger partial charge is 0.352 e. The Morgan fingerprint density at radius 1 is 1.28 bits per heavy atom. The van der Waals surface area contributed by atoms with Gasteiger partial charge in [-0.15, -0.1) is 0 Å². The van der Waals surface area contributed by atoms with Gasteiger partial charge in [-0.1, -0.05) is 30.3 Å². The summed E-state index contributed by atoms with van der Waals surface area (Å²) >= 11 is 0. The first-order chi connectivity index (χ1) is 13.9. The van der Waals surface area contributed by atoms with Crippen molar-refractivity contribution in [2.45, 2.75) is 19.4 Å². The molecule has 1 atom stereocenters. The second kappa shape index (κ2) is 9.52. The van der Waals surface area contributed by atoms with Crippen molar-refractivity contribution >= 4 is 11.8 Å². The molecule has 2 N–H and O–H groups in total. The van der Waals surface area contributed by atoms with Gasteiger partial charge in [-0.05, 0) is 44.0 Å². The van der Waals surface area contributed by atoms with Crippen LogP contribution in [0.3, 0.4) is 0 Å². The maximum atomic E-state index is 12.7. The molecule has 2 aromatic rings. The van der Waals surface area contributed by atoms with Crippen LogP contribution in [-0.4, -0.2) is 60.3 Å². The van der Waals surface area contributed by atoms with Crippen LogP contribution in [-0.2, 0) is 6.54 Å². The van der Waals surface area contributed by atoms with Gasteiger partial charge in [-0.2, -0.15) is 0 Å². The van der Waals surface area contributed by atoms with Crippen LogP contribution < -0.4 is 10.9 Å². The SMILES string of the molecule is CN1CCC(CCNC(=O)c2c[nH]c(=O)c(C(=O)N(C)Cc3ccccc3)c2)C1. The van der Waals surface area contributed by atoms with E-state index < -0.39 is 11.5 Å². The number of nitrogens with one attached hydrogen (secondary N) is 2. The quantitative estimate of drug-likeness (QED) is 0.746. The smallest absolute Gasteiger partial charge is 0.260 e. The van der Waals surface area contributed by atoms with Crippen LogP contribution in [0, 0.1) is 5.92 Å². The van der Waals surface area contributed by atoms with E-state index in [0.29, 0.717) is 19.0 Å². The molecule has 3 rings (SSSR count). The number of H-pyrrole nitrogens is 1. The Morgan fingerprint density at radius 2 is 2.03 bits per heavy atom.